The molecule has 0 atom stereocenters. The summed E-state index contributed by atoms with van der Waals surface area (Å²) >= 11 is 0. The van der Waals surface area contributed by atoms with Crippen LogP contribution in [0.1, 0.15) is 52.9 Å². The second kappa shape index (κ2) is 4.63. The highest BCUT2D eigenvalue weighted by Crippen LogP contribution is 2.35. The van der Waals surface area contributed by atoms with Gasteiger partial charge in [0.05, 0.1) is 0 Å². The molecule has 14 heavy (non-hydrogen) atoms. The highest BCUT2D eigenvalue weighted by atomic mass is 16.5. The molecule has 2 heteroatoms. The van der Waals surface area contributed by atoms with E-state index >= 15 is 0 Å². The van der Waals surface area contributed by atoms with Crippen LogP contribution in [-0.2, 0) is 9.53 Å². The Kier molecular flexibility index (Phi) is 3.73. The molecule has 0 spiro atoms. The Morgan fingerprint density at radius 2 is 2.29 bits per heavy atom. The van der Waals surface area contributed by atoms with Crippen LogP contribution in [0.5, 0.6) is 0 Å². The van der Waals surface area contributed by atoms with Crippen LogP contribution in [0.25, 0.3) is 0 Å². The molecule has 0 fully saturated rings. The SMILES string of the molecule is CCCC(=O)OC1=CCCC(C)(C)C1. The zero-order chi connectivity index (χ0) is 10.6. The fraction of sp³-hybridized carbons (Fsp3) is 0.750. The van der Waals surface area contributed by atoms with Crippen molar-refractivity contribution < 1.29 is 9.53 Å². The van der Waals surface area contributed by atoms with Gasteiger partial charge in [0.15, 0.2) is 0 Å². The molecule has 80 valence electrons. The lowest BCUT2D eigenvalue weighted by Gasteiger charge is -2.28. The third kappa shape index (κ3) is 3.52. The Labute approximate surface area is 86.3 Å². The van der Waals surface area contributed by atoms with Gasteiger partial charge in [-0.25, -0.2) is 0 Å². The minimum Gasteiger partial charge on any atom is -0.431 e. The molecular formula is C12H20O2. The summed E-state index contributed by atoms with van der Waals surface area (Å²) in [6.07, 6.45) is 6.54. The molecule has 2 nitrogen and oxygen atoms in total. The maximum atomic E-state index is 11.3. The van der Waals surface area contributed by atoms with E-state index in [4.69, 9.17) is 4.74 Å². The lowest BCUT2D eigenvalue weighted by molar-refractivity contribution is -0.140. The van der Waals surface area contributed by atoms with Crippen LogP contribution in [-0.4, -0.2) is 5.97 Å². The average molecular weight is 196 g/mol. The number of rotatable bonds is 3. The van der Waals surface area contributed by atoms with Gasteiger partial charge >= 0.3 is 5.97 Å². The van der Waals surface area contributed by atoms with Gasteiger partial charge in [-0.05, 0) is 30.8 Å². The van der Waals surface area contributed by atoms with Gasteiger partial charge in [0.1, 0.15) is 5.76 Å². The lowest BCUT2D eigenvalue weighted by Crippen LogP contribution is -2.18. The number of carbonyl (C=O) groups excluding carboxylic acids is 1. The first kappa shape index (κ1) is 11.3. The lowest BCUT2D eigenvalue weighted by atomic mass is 9.80. The van der Waals surface area contributed by atoms with Crippen molar-refractivity contribution in [3.8, 4) is 0 Å². The van der Waals surface area contributed by atoms with Gasteiger partial charge in [-0.15, -0.1) is 0 Å². The van der Waals surface area contributed by atoms with Gasteiger partial charge in [-0.2, -0.15) is 0 Å². The van der Waals surface area contributed by atoms with Gasteiger partial charge < -0.3 is 4.74 Å². The molecule has 1 aliphatic rings. The van der Waals surface area contributed by atoms with Gasteiger partial charge in [0.25, 0.3) is 0 Å². The first-order valence-corrected chi connectivity index (χ1v) is 5.43. The Morgan fingerprint density at radius 1 is 1.57 bits per heavy atom. The molecule has 0 unspecified atom stereocenters. The Balaban J connectivity index is 2.45. The fourth-order valence-electron chi connectivity index (χ4n) is 1.74. The van der Waals surface area contributed by atoms with Gasteiger partial charge in [-0.3, -0.25) is 4.79 Å². The summed E-state index contributed by atoms with van der Waals surface area (Å²) in [5.74, 6) is 0.788. The molecule has 0 heterocycles. The molecule has 0 aromatic heterocycles. The van der Waals surface area contributed by atoms with E-state index in [1.807, 2.05) is 6.92 Å². The highest BCUT2D eigenvalue weighted by Gasteiger charge is 2.24. The summed E-state index contributed by atoms with van der Waals surface area (Å²) in [6, 6.07) is 0. The first-order valence-electron chi connectivity index (χ1n) is 5.43. The van der Waals surface area contributed by atoms with Crippen molar-refractivity contribution >= 4 is 5.97 Å². The highest BCUT2D eigenvalue weighted by molar-refractivity contribution is 5.70. The summed E-state index contributed by atoms with van der Waals surface area (Å²) < 4.78 is 5.29. The number of esters is 1. The monoisotopic (exact) mass is 196 g/mol. The number of allylic oxidation sites excluding steroid dienone is 2. The summed E-state index contributed by atoms with van der Waals surface area (Å²) in [4.78, 5) is 11.3. The van der Waals surface area contributed by atoms with Gasteiger partial charge in [0, 0.05) is 12.8 Å². The van der Waals surface area contributed by atoms with Crippen molar-refractivity contribution in [2.75, 3.05) is 0 Å². The van der Waals surface area contributed by atoms with Crippen molar-refractivity contribution in [1.29, 1.82) is 0 Å². The predicted molar refractivity (Wildman–Crippen MR) is 56.7 cm³/mol. The zero-order valence-corrected chi connectivity index (χ0v) is 9.43. The van der Waals surface area contributed by atoms with Crippen molar-refractivity contribution in [1.82, 2.24) is 0 Å². The van der Waals surface area contributed by atoms with Crippen LogP contribution < -0.4 is 0 Å². The summed E-state index contributed by atoms with van der Waals surface area (Å²) in [5.41, 5.74) is 0.288. The normalized spacial score (nSPS) is 20.1. The van der Waals surface area contributed by atoms with Crippen molar-refractivity contribution in [3.63, 3.8) is 0 Å². The molecule has 1 rings (SSSR count). The van der Waals surface area contributed by atoms with E-state index in [-0.39, 0.29) is 11.4 Å². The van der Waals surface area contributed by atoms with Crippen molar-refractivity contribution in [2.24, 2.45) is 5.41 Å². The average Bonchev–Trinajstić information content (AvgIpc) is 2.02. The van der Waals surface area contributed by atoms with Crippen LogP contribution in [0.15, 0.2) is 11.8 Å². The van der Waals surface area contributed by atoms with Crippen LogP contribution in [0.3, 0.4) is 0 Å². The third-order valence-electron chi connectivity index (χ3n) is 2.54. The van der Waals surface area contributed by atoms with Crippen LogP contribution in [0, 0.1) is 5.41 Å². The number of hydrogen-bond acceptors (Lipinski definition) is 2. The van der Waals surface area contributed by atoms with Crippen molar-refractivity contribution in [3.05, 3.63) is 11.8 Å². The van der Waals surface area contributed by atoms with Gasteiger partial charge in [-0.1, -0.05) is 20.8 Å². The molecule has 0 saturated heterocycles. The Hall–Kier alpha value is -0.790. The minimum absolute atomic E-state index is 0.0866. The van der Waals surface area contributed by atoms with Gasteiger partial charge in [0.2, 0.25) is 0 Å². The number of hydrogen-bond donors (Lipinski definition) is 0. The van der Waals surface area contributed by atoms with E-state index in [0.29, 0.717) is 6.42 Å². The van der Waals surface area contributed by atoms with Crippen LogP contribution in [0.2, 0.25) is 0 Å². The molecule has 0 aromatic rings. The summed E-state index contributed by atoms with van der Waals surface area (Å²) in [7, 11) is 0. The Bertz CT molecular complexity index is 239. The molecule has 0 aliphatic heterocycles. The van der Waals surface area contributed by atoms with E-state index in [9.17, 15) is 4.79 Å². The largest absolute Gasteiger partial charge is 0.431 e. The second-order valence-electron chi connectivity index (χ2n) is 4.77. The standard InChI is InChI=1S/C12H20O2/c1-4-6-11(13)14-10-7-5-8-12(2,3)9-10/h7H,4-6,8-9H2,1-3H3. The minimum atomic E-state index is -0.0866. The Morgan fingerprint density at radius 3 is 2.86 bits per heavy atom. The molecule has 0 amide bonds. The summed E-state index contributed by atoms with van der Waals surface area (Å²) in [6.45, 7) is 6.42. The van der Waals surface area contributed by atoms with E-state index in [0.717, 1.165) is 25.0 Å². The molecular weight excluding hydrogens is 176 g/mol. The van der Waals surface area contributed by atoms with E-state index in [2.05, 4.69) is 19.9 Å². The quantitative estimate of drug-likeness (QED) is 0.646. The maximum Gasteiger partial charge on any atom is 0.310 e. The predicted octanol–water partition coefficient (Wildman–Crippen LogP) is 3.42. The summed E-state index contributed by atoms with van der Waals surface area (Å²) in [5, 5.41) is 0. The van der Waals surface area contributed by atoms with E-state index in [1.165, 1.54) is 6.42 Å². The maximum absolute atomic E-state index is 11.3. The van der Waals surface area contributed by atoms with E-state index < -0.39 is 0 Å². The smallest absolute Gasteiger partial charge is 0.310 e. The molecule has 0 saturated carbocycles. The number of ether oxygens (including phenoxy) is 1. The molecule has 1 aliphatic carbocycles. The molecule has 0 N–H and O–H groups in total. The first-order chi connectivity index (χ1) is 6.53. The van der Waals surface area contributed by atoms with Crippen molar-refractivity contribution in [2.45, 2.75) is 52.9 Å². The zero-order valence-electron chi connectivity index (χ0n) is 9.43. The van der Waals surface area contributed by atoms with Crippen LogP contribution in [0.4, 0.5) is 0 Å². The number of carbonyl (C=O) groups is 1. The molecule has 0 aromatic carbocycles. The van der Waals surface area contributed by atoms with E-state index in [1.54, 1.807) is 0 Å². The second-order valence-corrected chi connectivity index (χ2v) is 4.77. The molecule has 0 radical (unpaired) electrons. The fourth-order valence-corrected chi connectivity index (χ4v) is 1.74. The van der Waals surface area contributed by atoms with Crippen LogP contribution >= 0.6 is 0 Å². The third-order valence-corrected chi connectivity index (χ3v) is 2.54. The molecule has 0 bridgehead atoms. The topological polar surface area (TPSA) is 26.3 Å².